The number of rotatable bonds is 7. The molecule has 178 valence electrons. The molecule has 1 N–H and O–H groups in total. The number of anilines is 1. The number of amides is 3. The Balaban J connectivity index is 1.48. The quantitative estimate of drug-likeness (QED) is 0.326. The van der Waals surface area contributed by atoms with Gasteiger partial charge < -0.3 is 10.1 Å². The molecule has 35 heavy (non-hydrogen) atoms. The standard InChI is InChI=1S/C25H17BrClFN2O4S/c26-17-6-9-21(34-14-15-4-7-18(27)8-5-15)16(10-17)11-22-24(32)30(25(33)35-22)13-23(31)29-20-3-1-2-19(28)12-20/h1-12H,13-14H2,(H,29,31)/b22-11+. The maximum Gasteiger partial charge on any atom is 0.294 e. The molecule has 0 saturated carbocycles. The molecule has 10 heteroatoms. The van der Waals surface area contributed by atoms with E-state index < -0.39 is 29.4 Å². The van der Waals surface area contributed by atoms with Crippen molar-refractivity contribution in [1.29, 1.82) is 0 Å². The lowest BCUT2D eigenvalue weighted by Gasteiger charge is -2.13. The van der Waals surface area contributed by atoms with Gasteiger partial charge in [-0.1, -0.05) is 45.7 Å². The third-order valence-electron chi connectivity index (χ3n) is 4.85. The highest BCUT2D eigenvalue weighted by Crippen LogP contribution is 2.35. The lowest BCUT2D eigenvalue weighted by Crippen LogP contribution is -2.36. The lowest BCUT2D eigenvalue weighted by molar-refractivity contribution is -0.127. The van der Waals surface area contributed by atoms with E-state index in [1.165, 1.54) is 18.2 Å². The van der Waals surface area contributed by atoms with Crippen molar-refractivity contribution in [3.8, 4) is 5.75 Å². The third kappa shape index (κ3) is 6.50. The molecule has 0 aliphatic carbocycles. The van der Waals surface area contributed by atoms with E-state index >= 15 is 0 Å². The number of nitrogens with one attached hydrogen (secondary N) is 1. The highest BCUT2D eigenvalue weighted by molar-refractivity contribution is 9.10. The number of carbonyl (C=O) groups is 3. The van der Waals surface area contributed by atoms with E-state index in [0.29, 0.717) is 16.3 Å². The van der Waals surface area contributed by atoms with Crippen molar-refractivity contribution < 1.29 is 23.5 Å². The first-order valence-electron chi connectivity index (χ1n) is 10.3. The first kappa shape index (κ1) is 25.0. The van der Waals surface area contributed by atoms with Crippen LogP contribution in [0.25, 0.3) is 6.08 Å². The van der Waals surface area contributed by atoms with Gasteiger partial charge in [-0.15, -0.1) is 0 Å². The second-order valence-corrected chi connectivity index (χ2v) is 9.77. The average molecular weight is 576 g/mol. The summed E-state index contributed by atoms with van der Waals surface area (Å²) in [5, 5.41) is 2.53. The van der Waals surface area contributed by atoms with Gasteiger partial charge in [0.2, 0.25) is 5.91 Å². The monoisotopic (exact) mass is 574 g/mol. The topological polar surface area (TPSA) is 75.7 Å². The number of nitrogens with zero attached hydrogens (tertiary/aromatic N) is 1. The highest BCUT2D eigenvalue weighted by atomic mass is 79.9. The van der Waals surface area contributed by atoms with Gasteiger partial charge in [0.05, 0.1) is 4.91 Å². The number of ether oxygens (including phenoxy) is 1. The van der Waals surface area contributed by atoms with Crippen LogP contribution in [0.4, 0.5) is 14.9 Å². The molecule has 0 spiro atoms. The Bertz CT molecular complexity index is 1330. The Morgan fingerprint density at radius 3 is 2.63 bits per heavy atom. The van der Waals surface area contributed by atoms with Crippen LogP contribution in [0.1, 0.15) is 11.1 Å². The summed E-state index contributed by atoms with van der Waals surface area (Å²) in [5.74, 6) is -1.22. The second-order valence-electron chi connectivity index (χ2n) is 7.42. The third-order valence-corrected chi connectivity index (χ3v) is 6.50. The van der Waals surface area contributed by atoms with Gasteiger partial charge in [-0.2, -0.15) is 0 Å². The van der Waals surface area contributed by atoms with Crippen LogP contribution in [0.2, 0.25) is 5.02 Å². The van der Waals surface area contributed by atoms with E-state index in [1.54, 1.807) is 36.4 Å². The van der Waals surface area contributed by atoms with Crippen LogP contribution in [-0.2, 0) is 16.2 Å². The van der Waals surface area contributed by atoms with Crippen LogP contribution in [0.5, 0.6) is 5.75 Å². The van der Waals surface area contributed by atoms with Gasteiger partial charge in [-0.3, -0.25) is 19.3 Å². The van der Waals surface area contributed by atoms with Crippen LogP contribution in [0.15, 0.2) is 76.1 Å². The molecular formula is C25H17BrClFN2O4S. The van der Waals surface area contributed by atoms with Crippen molar-refractivity contribution in [2.45, 2.75) is 6.61 Å². The van der Waals surface area contributed by atoms with Crippen LogP contribution in [0, 0.1) is 5.82 Å². The van der Waals surface area contributed by atoms with Gasteiger partial charge in [0, 0.05) is 20.7 Å². The van der Waals surface area contributed by atoms with Gasteiger partial charge in [0.25, 0.3) is 11.1 Å². The van der Waals surface area contributed by atoms with Crippen molar-refractivity contribution in [3.63, 3.8) is 0 Å². The lowest BCUT2D eigenvalue weighted by atomic mass is 10.1. The van der Waals surface area contributed by atoms with Crippen molar-refractivity contribution in [2.75, 3.05) is 11.9 Å². The van der Waals surface area contributed by atoms with E-state index in [-0.39, 0.29) is 17.2 Å². The van der Waals surface area contributed by atoms with Crippen LogP contribution >= 0.6 is 39.3 Å². The average Bonchev–Trinajstić information content (AvgIpc) is 3.07. The summed E-state index contributed by atoms with van der Waals surface area (Å²) in [6.07, 6.45) is 1.55. The molecule has 1 fully saturated rings. The maximum absolute atomic E-state index is 13.3. The van der Waals surface area contributed by atoms with Crippen molar-refractivity contribution in [2.24, 2.45) is 0 Å². The molecule has 3 aromatic rings. The Morgan fingerprint density at radius 2 is 1.89 bits per heavy atom. The minimum Gasteiger partial charge on any atom is -0.488 e. The van der Waals surface area contributed by atoms with Crippen molar-refractivity contribution in [3.05, 3.63) is 98.1 Å². The van der Waals surface area contributed by atoms with E-state index in [1.807, 2.05) is 12.1 Å². The van der Waals surface area contributed by atoms with Gasteiger partial charge in [-0.05, 0) is 71.9 Å². The Labute approximate surface area is 218 Å². The van der Waals surface area contributed by atoms with Gasteiger partial charge >= 0.3 is 0 Å². The van der Waals surface area contributed by atoms with E-state index in [0.717, 1.165) is 32.8 Å². The normalized spacial score (nSPS) is 14.5. The Hall–Kier alpha value is -3.14. The molecule has 0 bridgehead atoms. The first-order valence-corrected chi connectivity index (χ1v) is 12.2. The molecule has 6 nitrogen and oxygen atoms in total. The minimum atomic E-state index is -0.617. The number of imide groups is 1. The molecule has 3 aromatic carbocycles. The molecule has 1 aliphatic heterocycles. The Morgan fingerprint density at radius 1 is 1.11 bits per heavy atom. The summed E-state index contributed by atoms with van der Waals surface area (Å²) >= 11 is 10.1. The molecule has 4 rings (SSSR count). The predicted octanol–water partition coefficient (Wildman–Crippen LogP) is 6.50. The largest absolute Gasteiger partial charge is 0.488 e. The summed E-state index contributed by atoms with van der Waals surface area (Å²) in [6.45, 7) is -0.210. The van der Waals surface area contributed by atoms with Crippen molar-refractivity contribution >= 4 is 68.1 Å². The SMILES string of the molecule is O=C(CN1C(=O)S/C(=C/c2cc(Br)ccc2OCc2ccc(Cl)cc2)C1=O)Nc1cccc(F)c1. The number of hydrogen-bond acceptors (Lipinski definition) is 5. The van der Waals surface area contributed by atoms with E-state index in [9.17, 15) is 18.8 Å². The number of carbonyl (C=O) groups excluding carboxylic acids is 3. The predicted molar refractivity (Wildman–Crippen MR) is 138 cm³/mol. The zero-order chi connectivity index (χ0) is 24.9. The maximum atomic E-state index is 13.3. The highest BCUT2D eigenvalue weighted by Gasteiger charge is 2.36. The summed E-state index contributed by atoms with van der Waals surface area (Å²) in [4.78, 5) is 38.7. The fourth-order valence-electron chi connectivity index (χ4n) is 3.19. The molecule has 0 radical (unpaired) electrons. The summed E-state index contributed by atoms with van der Waals surface area (Å²) in [7, 11) is 0. The first-order chi connectivity index (χ1) is 16.8. The molecule has 1 saturated heterocycles. The molecule has 0 atom stereocenters. The molecule has 1 heterocycles. The van der Waals surface area contributed by atoms with Gasteiger partial charge in [-0.25, -0.2) is 4.39 Å². The summed E-state index contributed by atoms with van der Waals surface area (Å²) in [5.41, 5.74) is 1.73. The van der Waals surface area contributed by atoms with Crippen molar-refractivity contribution in [1.82, 2.24) is 4.90 Å². The molecule has 0 aromatic heterocycles. The van der Waals surface area contributed by atoms with E-state index in [2.05, 4.69) is 21.2 Å². The molecule has 3 amide bonds. The molecular weight excluding hydrogens is 559 g/mol. The van der Waals surface area contributed by atoms with Crippen LogP contribution < -0.4 is 10.1 Å². The number of hydrogen-bond donors (Lipinski definition) is 1. The van der Waals surface area contributed by atoms with E-state index in [4.69, 9.17) is 16.3 Å². The number of thioether (sulfide) groups is 1. The smallest absolute Gasteiger partial charge is 0.294 e. The fourth-order valence-corrected chi connectivity index (χ4v) is 4.53. The van der Waals surface area contributed by atoms with Crippen LogP contribution in [0.3, 0.4) is 0 Å². The Kier molecular flexibility index (Phi) is 7.90. The minimum absolute atomic E-state index is 0.156. The number of halogens is 3. The number of benzene rings is 3. The second kappa shape index (κ2) is 11.1. The fraction of sp³-hybridized carbons (Fsp3) is 0.0800. The summed E-state index contributed by atoms with van der Waals surface area (Å²) < 4.78 is 20.0. The summed E-state index contributed by atoms with van der Waals surface area (Å²) in [6, 6.07) is 17.9. The van der Waals surface area contributed by atoms with Crippen LogP contribution in [-0.4, -0.2) is 28.5 Å². The zero-order valence-corrected chi connectivity index (χ0v) is 21.1. The molecule has 0 unspecified atom stereocenters. The molecule has 1 aliphatic rings. The van der Waals surface area contributed by atoms with Gasteiger partial charge in [0.15, 0.2) is 0 Å². The van der Waals surface area contributed by atoms with Gasteiger partial charge in [0.1, 0.15) is 24.7 Å². The zero-order valence-electron chi connectivity index (χ0n) is 18.0.